The molecule has 51 heavy (non-hydrogen) atoms. The van der Waals surface area contributed by atoms with E-state index in [9.17, 15) is 26.3 Å². The summed E-state index contributed by atoms with van der Waals surface area (Å²) in [5, 5.41) is 3.55. The van der Waals surface area contributed by atoms with Gasteiger partial charge in [-0.1, -0.05) is 182 Å². The summed E-state index contributed by atoms with van der Waals surface area (Å²) in [6.45, 7) is 0. The fraction of sp³-hybridized carbons (Fsp3) is 0.0769. The lowest BCUT2D eigenvalue weighted by Gasteiger charge is -2.40. The van der Waals surface area contributed by atoms with Crippen LogP contribution < -0.4 is 31.1 Å². The van der Waals surface area contributed by atoms with Crippen LogP contribution in [-0.4, -0.2) is 50.2 Å². The zero-order valence-electron chi connectivity index (χ0n) is 27.0. The van der Waals surface area contributed by atoms with E-state index in [-0.39, 0.29) is 0 Å². The molecule has 0 fully saturated rings. The maximum Gasteiger partial charge on any atom is 0.885 e. The summed E-state index contributed by atoms with van der Waals surface area (Å²) in [4.78, 5) is 0. The van der Waals surface area contributed by atoms with Crippen molar-refractivity contribution in [2.24, 2.45) is 0 Å². The Kier molecular flexibility index (Phi) is 11.1. The SMILES string of the molecule is FC(F)(F)C([O][Al]([O][Si](c1ccccc1)(c1ccccc1)c1ccccc1)[O][Si](c1ccccc1)(c1ccccc1)c1ccccc1)C(F)(F)F. The average molecular weight is 745 g/mol. The van der Waals surface area contributed by atoms with Gasteiger partial charge in [-0.3, -0.25) is 0 Å². The first-order valence-corrected chi connectivity index (χ1v) is 21.3. The monoisotopic (exact) mass is 744 g/mol. The van der Waals surface area contributed by atoms with E-state index in [1.807, 2.05) is 0 Å². The summed E-state index contributed by atoms with van der Waals surface area (Å²) < 4.78 is 106. The standard InChI is InChI=1S/2C18H15OSi.C3HF6O.Al/c2*19-20(16-10-4-1-5-11-16,17-12-6-2-7-13-17)18-14-8-3-9-15-18;4-2(5,6)1(10)3(7,8)9;/h2*1-15H;1H;/q3*-1;+3. The molecule has 258 valence electrons. The van der Waals surface area contributed by atoms with Crippen LogP contribution in [0.5, 0.6) is 0 Å². The molecule has 0 atom stereocenters. The molecule has 0 aliphatic carbocycles. The number of rotatable bonds is 12. The molecule has 6 aromatic carbocycles. The van der Waals surface area contributed by atoms with Crippen molar-refractivity contribution in [3.05, 3.63) is 182 Å². The molecule has 0 radical (unpaired) electrons. The Bertz CT molecular complexity index is 1620. The maximum atomic E-state index is 14.5. The van der Waals surface area contributed by atoms with E-state index in [2.05, 4.69) is 0 Å². The molecule has 0 heterocycles. The zero-order valence-corrected chi connectivity index (χ0v) is 30.1. The van der Waals surface area contributed by atoms with Crippen LogP contribution >= 0.6 is 0 Å². The summed E-state index contributed by atoms with van der Waals surface area (Å²) in [5.41, 5.74) is 0. The van der Waals surface area contributed by atoms with Gasteiger partial charge in [-0.05, 0) is 31.1 Å². The van der Waals surface area contributed by atoms with Gasteiger partial charge in [0.2, 0.25) is 6.10 Å². The second-order valence-corrected chi connectivity index (χ2v) is 20.6. The second kappa shape index (κ2) is 15.6. The van der Waals surface area contributed by atoms with Crippen molar-refractivity contribution in [2.45, 2.75) is 18.5 Å². The minimum absolute atomic E-state index is 0.592. The highest BCUT2D eigenvalue weighted by Gasteiger charge is 2.63. The Labute approximate surface area is 299 Å². The van der Waals surface area contributed by atoms with Crippen LogP contribution in [0.2, 0.25) is 0 Å². The average Bonchev–Trinajstić information content (AvgIpc) is 3.16. The van der Waals surface area contributed by atoms with Gasteiger partial charge in [-0.15, -0.1) is 0 Å². The molecule has 0 aromatic heterocycles. The summed E-state index contributed by atoms with van der Waals surface area (Å²) in [7, 11) is -7.95. The Hall–Kier alpha value is -4.25. The van der Waals surface area contributed by atoms with E-state index < -0.39 is 50.2 Å². The third kappa shape index (κ3) is 7.83. The van der Waals surface area contributed by atoms with Crippen molar-refractivity contribution in [3.8, 4) is 0 Å². The lowest BCUT2D eigenvalue weighted by molar-refractivity contribution is -0.305. The van der Waals surface area contributed by atoms with Crippen molar-refractivity contribution in [3.63, 3.8) is 0 Å². The molecule has 0 saturated heterocycles. The molecule has 0 spiro atoms. The van der Waals surface area contributed by atoms with Crippen LogP contribution in [0.25, 0.3) is 0 Å². The highest BCUT2D eigenvalue weighted by Crippen LogP contribution is 2.37. The predicted molar refractivity (Wildman–Crippen MR) is 193 cm³/mol. The molecule has 6 rings (SSSR count). The van der Waals surface area contributed by atoms with Crippen LogP contribution in [0.4, 0.5) is 26.3 Å². The van der Waals surface area contributed by atoms with E-state index in [0.29, 0.717) is 31.1 Å². The zero-order chi connectivity index (χ0) is 36.0. The Morgan fingerprint density at radius 3 is 0.725 bits per heavy atom. The summed E-state index contributed by atoms with van der Waals surface area (Å²) in [6, 6.07) is 53.1. The van der Waals surface area contributed by atoms with Crippen LogP contribution in [0, 0.1) is 0 Å². The van der Waals surface area contributed by atoms with Crippen LogP contribution in [-0.2, 0) is 10.7 Å². The van der Waals surface area contributed by atoms with E-state index >= 15 is 0 Å². The summed E-state index contributed by atoms with van der Waals surface area (Å²) >= 11 is -4.58. The fourth-order valence-electron chi connectivity index (χ4n) is 6.26. The number of benzene rings is 6. The largest absolute Gasteiger partial charge is 0.885 e. The van der Waals surface area contributed by atoms with Gasteiger partial charge < -0.3 is 10.7 Å². The third-order valence-electron chi connectivity index (χ3n) is 8.47. The number of halogens is 6. The molecule has 3 nitrogen and oxygen atoms in total. The Morgan fingerprint density at radius 2 is 0.549 bits per heavy atom. The highest BCUT2D eigenvalue weighted by atomic mass is 28.4. The third-order valence-corrected chi connectivity index (χ3v) is 20.2. The first kappa shape index (κ1) is 36.5. The summed E-state index contributed by atoms with van der Waals surface area (Å²) in [5.74, 6) is 0. The van der Waals surface area contributed by atoms with Crippen molar-refractivity contribution in [1.82, 2.24) is 0 Å². The van der Waals surface area contributed by atoms with E-state index in [1.165, 1.54) is 0 Å². The molecule has 0 N–H and O–H groups in total. The first-order valence-electron chi connectivity index (χ1n) is 16.0. The van der Waals surface area contributed by atoms with Crippen LogP contribution in [0.15, 0.2) is 182 Å². The van der Waals surface area contributed by atoms with E-state index in [4.69, 9.17) is 10.7 Å². The normalized spacial score (nSPS) is 12.5. The minimum Gasteiger partial charge on any atom is -0.489 e. The van der Waals surface area contributed by atoms with Crippen molar-refractivity contribution >= 4 is 62.9 Å². The van der Waals surface area contributed by atoms with Gasteiger partial charge in [0, 0.05) is 0 Å². The Balaban J connectivity index is 1.66. The molecule has 0 unspecified atom stereocenters. The lowest BCUT2D eigenvalue weighted by atomic mass is 10.3. The van der Waals surface area contributed by atoms with Gasteiger partial charge in [0.05, 0.1) is 0 Å². The quantitative estimate of drug-likeness (QED) is 0.0896. The second-order valence-electron chi connectivity index (χ2n) is 11.7. The molecule has 12 heteroatoms. The minimum atomic E-state index is -5.82. The molecule has 6 aromatic rings. The van der Waals surface area contributed by atoms with E-state index in [0.717, 1.165) is 0 Å². The van der Waals surface area contributed by atoms with Gasteiger partial charge in [0.1, 0.15) is 0 Å². The lowest BCUT2D eigenvalue weighted by Crippen LogP contribution is -2.76. The van der Waals surface area contributed by atoms with Gasteiger partial charge in [-0.25, -0.2) is 0 Å². The van der Waals surface area contributed by atoms with Gasteiger partial charge in [0.15, 0.2) is 0 Å². The van der Waals surface area contributed by atoms with Gasteiger partial charge in [-0.2, -0.15) is 26.3 Å². The van der Waals surface area contributed by atoms with Crippen LogP contribution in [0.3, 0.4) is 0 Å². The summed E-state index contributed by atoms with van der Waals surface area (Å²) in [6.07, 6.45) is -15.8. The number of hydrogen-bond acceptors (Lipinski definition) is 3. The molecular weight excluding hydrogens is 714 g/mol. The molecule has 0 aliphatic heterocycles. The maximum absolute atomic E-state index is 14.5. The van der Waals surface area contributed by atoms with Crippen molar-refractivity contribution in [1.29, 1.82) is 0 Å². The molecule has 0 bridgehead atoms. The van der Waals surface area contributed by atoms with Crippen LogP contribution in [0.1, 0.15) is 0 Å². The smallest absolute Gasteiger partial charge is 0.489 e. The molecule has 0 saturated carbocycles. The van der Waals surface area contributed by atoms with Crippen molar-refractivity contribution in [2.75, 3.05) is 0 Å². The van der Waals surface area contributed by atoms with E-state index in [1.54, 1.807) is 182 Å². The topological polar surface area (TPSA) is 27.7 Å². The highest BCUT2D eigenvalue weighted by molar-refractivity contribution is 7.11. The van der Waals surface area contributed by atoms with Crippen molar-refractivity contribution < 1.29 is 37.1 Å². The molecular formula is C39H31AlF6O3Si2. The molecule has 0 aliphatic rings. The molecule has 0 amide bonds. The number of alkyl halides is 6. The van der Waals surface area contributed by atoms with Gasteiger partial charge in [0.25, 0.3) is 16.6 Å². The van der Waals surface area contributed by atoms with Gasteiger partial charge >= 0.3 is 27.5 Å². The first-order chi connectivity index (χ1) is 24.5. The Morgan fingerprint density at radius 1 is 0.353 bits per heavy atom. The fourth-order valence-corrected chi connectivity index (χ4v) is 19.4. The predicted octanol–water partition coefficient (Wildman–Crippen LogP) is 5.85. The number of hydrogen-bond donors (Lipinski definition) is 0.